The Bertz CT molecular complexity index is 1610. The first-order valence-electron chi connectivity index (χ1n) is 19.4. The lowest BCUT2D eigenvalue weighted by Gasteiger charge is -2.47. The Labute approximate surface area is 362 Å². The molecule has 18 heteroatoms. The zero-order valence-electron chi connectivity index (χ0n) is 33.6. The fourth-order valence-electron chi connectivity index (χ4n) is 7.07. The smallest absolute Gasteiger partial charge is 0.309 e. The molecular weight excluding hydrogens is 847 g/mol. The molecule has 3 aliphatic rings. The number of aromatic nitrogens is 1. The number of carbonyl (C=O) groups excluding carboxylic acids is 1. The molecule has 2 aromatic rings. The van der Waals surface area contributed by atoms with Crippen LogP contribution in [0.5, 0.6) is 0 Å². The van der Waals surface area contributed by atoms with E-state index in [1.54, 1.807) is 51.3 Å². The Morgan fingerprint density at radius 2 is 1.76 bits per heavy atom. The maximum atomic E-state index is 13.4. The second-order valence-electron chi connectivity index (χ2n) is 15.8. The highest BCUT2D eigenvalue weighted by atomic mass is 33.1. The van der Waals surface area contributed by atoms with E-state index in [1.807, 2.05) is 49.4 Å². The van der Waals surface area contributed by atoms with E-state index in [1.165, 1.54) is 0 Å². The molecule has 0 amide bonds. The van der Waals surface area contributed by atoms with Crippen molar-refractivity contribution in [2.45, 2.75) is 132 Å². The van der Waals surface area contributed by atoms with Gasteiger partial charge in [-0.1, -0.05) is 81.0 Å². The second kappa shape index (κ2) is 21.8. The summed E-state index contributed by atoms with van der Waals surface area (Å²) in [7, 11) is 3.15. The first-order valence-corrected chi connectivity index (χ1v) is 24.0. The van der Waals surface area contributed by atoms with Crippen molar-refractivity contribution in [1.29, 1.82) is 0 Å². The first kappa shape index (κ1) is 48.0. The van der Waals surface area contributed by atoms with Gasteiger partial charge in [-0.05, 0) is 65.8 Å². The summed E-state index contributed by atoms with van der Waals surface area (Å²) in [5.41, 5.74) is 1.32. The molecule has 1 aromatic heterocycles. The monoisotopic (exact) mass is 903 g/mol. The average Bonchev–Trinajstić information content (AvgIpc) is 3.20. The third kappa shape index (κ3) is 12.5. The summed E-state index contributed by atoms with van der Waals surface area (Å²) in [6.07, 6.45) is -9.29. The van der Waals surface area contributed by atoms with Gasteiger partial charge in [0.25, 0.3) is 0 Å². The predicted molar refractivity (Wildman–Crippen MR) is 230 cm³/mol. The van der Waals surface area contributed by atoms with E-state index in [0.717, 1.165) is 19.9 Å². The molecule has 0 saturated carbocycles. The summed E-state index contributed by atoms with van der Waals surface area (Å²) in [4.78, 5) is 17.7. The van der Waals surface area contributed by atoms with Gasteiger partial charge in [0.2, 0.25) is 0 Å². The minimum Gasteiger partial charge on any atom is -0.465 e. The maximum Gasteiger partial charge on any atom is 0.309 e. The number of ether oxygens (including phenoxy) is 6. The molecule has 3 saturated heterocycles. The Hall–Kier alpha value is -1.07. The van der Waals surface area contributed by atoms with Crippen LogP contribution in [0.1, 0.15) is 77.7 Å². The molecule has 58 heavy (non-hydrogen) atoms. The fourth-order valence-corrected chi connectivity index (χ4v) is 12.0. The molecule has 0 aliphatic carbocycles. The molecule has 0 spiro atoms. The minimum atomic E-state index is -1.53. The highest BCUT2D eigenvalue weighted by Crippen LogP contribution is 2.49. The van der Waals surface area contributed by atoms with Gasteiger partial charge < -0.3 is 54.0 Å². The molecule has 5 N–H and O–H groups in total. The Kier molecular flexibility index (Phi) is 18.1. The molecule has 3 fully saturated rings. The van der Waals surface area contributed by atoms with Crippen molar-refractivity contribution in [3.05, 3.63) is 59.8 Å². The fraction of sp³-hybridized carbons (Fsp3) is 0.675. The number of carbonyl (C=O) groups is 1. The number of benzene rings is 1. The molecule has 324 valence electrons. The summed E-state index contributed by atoms with van der Waals surface area (Å²) in [5.74, 6) is 0.874. The summed E-state index contributed by atoms with van der Waals surface area (Å²) >= 11 is 9.07. The number of hydrogen-bond acceptors (Lipinski definition) is 18. The quantitative estimate of drug-likeness (QED) is 0.0583. The third-order valence-corrected chi connectivity index (χ3v) is 15.8. The predicted octanol–water partition coefficient (Wildman–Crippen LogP) is 5.46. The van der Waals surface area contributed by atoms with E-state index in [2.05, 4.69) is 39.6 Å². The van der Waals surface area contributed by atoms with Crippen molar-refractivity contribution in [1.82, 2.24) is 4.98 Å². The van der Waals surface area contributed by atoms with Gasteiger partial charge in [-0.3, -0.25) is 4.79 Å². The molecular formula is C40H57NO12S5. The number of pyridine rings is 1. The Morgan fingerprint density at radius 1 is 1.02 bits per heavy atom. The number of aliphatic hydroxyl groups excluding tert-OH is 5. The SMILES string of the molecule is CCSC(=S)SC(C)(C)C(CC(C)(C)C(C)C(=O)OCCSSc1ccccn1)c1ccc(C2OCC3OC(OC4CC(O)C(O)C(CO)O4)C(O)C(O)C3O2)cc1. The maximum absolute atomic E-state index is 13.4. The van der Waals surface area contributed by atoms with Crippen LogP contribution in [0.2, 0.25) is 0 Å². The van der Waals surface area contributed by atoms with Gasteiger partial charge in [-0.15, -0.1) is 23.5 Å². The molecule has 0 radical (unpaired) electrons. The van der Waals surface area contributed by atoms with E-state index in [0.29, 0.717) is 24.3 Å². The number of thioether (sulfide) groups is 2. The van der Waals surface area contributed by atoms with Crippen LogP contribution in [-0.4, -0.2) is 131 Å². The van der Waals surface area contributed by atoms with Crippen molar-refractivity contribution < 1.29 is 58.7 Å². The molecule has 13 nitrogen and oxygen atoms in total. The lowest BCUT2D eigenvalue weighted by atomic mass is 9.69. The highest BCUT2D eigenvalue weighted by molar-refractivity contribution is 8.76. The van der Waals surface area contributed by atoms with Crippen LogP contribution >= 0.6 is 57.3 Å². The van der Waals surface area contributed by atoms with Gasteiger partial charge in [0.15, 0.2) is 18.9 Å². The van der Waals surface area contributed by atoms with Crippen molar-refractivity contribution in [2.75, 3.05) is 31.3 Å². The van der Waals surface area contributed by atoms with E-state index < -0.39 is 73.6 Å². The van der Waals surface area contributed by atoms with Crippen LogP contribution in [-0.2, 0) is 33.2 Å². The third-order valence-electron chi connectivity index (χ3n) is 10.8. The molecule has 12 unspecified atom stereocenters. The van der Waals surface area contributed by atoms with Crippen molar-refractivity contribution in [3.63, 3.8) is 0 Å². The van der Waals surface area contributed by atoms with Crippen molar-refractivity contribution in [3.8, 4) is 0 Å². The number of aliphatic hydroxyl groups is 5. The summed E-state index contributed by atoms with van der Waals surface area (Å²) < 4.78 is 35.7. The Morgan fingerprint density at radius 3 is 2.43 bits per heavy atom. The second-order valence-corrected chi connectivity index (χ2v) is 22.3. The zero-order valence-corrected chi connectivity index (χ0v) is 37.7. The lowest BCUT2D eigenvalue weighted by molar-refractivity contribution is -0.388. The van der Waals surface area contributed by atoms with E-state index in [4.69, 9.17) is 40.6 Å². The topological polar surface area (TPSA) is 186 Å². The van der Waals surface area contributed by atoms with Crippen LogP contribution in [0.15, 0.2) is 53.7 Å². The number of rotatable bonds is 17. The Balaban J connectivity index is 1.22. The number of nitrogens with zero attached hydrogens (tertiary/aromatic N) is 1. The lowest BCUT2D eigenvalue weighted by Crippen LogP contribution is -2.63. The average molecular weight is 904 g/mol. The number of hydrogen-bond donors (Lipinski definition) is 5. The van der Waals surface area contributed by atoms with Crippen molar-refractivity contribution >= 4 is 66.8 Å². The van der Waals surface area contributed by atoms with Gasteiger partial charge in [-0.25, -0.2) is 4.98 Å². The molecule has 0 bridgehead atoms. The van der Waals surface area contributed by atoms with Gasteiger partial charge >= 0.3 is 5.97 Å². The van der Waals surface area contributed by atoms with Crippen LogP contribution in [0, 0.1) is 11.3 Å². The zero-order chi connectivity index (χ0) is 42.2. The molecule has 4 heterocycles. The summed E-state index contributed by atoms with van der Waals surface area (Å²) in [5, 5.41) is 52.7. The molecule has 12 atom stereocenters. The van der Waals surface area contributed by atoms with Gasteiger partial charge in [0.05, 0.1) is 25.2 Å². The number of fused-ring (bicyclic) bond motifs is 1. The number of thiocarbonyl (C=S) groups is 1. The summed E-state index contributed by atoms with van der Waals surface area (Å²) in [6.45, 7) is 12.4. The summed E-state index contributed by atoms with van der Waals surface area (Å²) in [6, 6.07) is 13.7. The van der Waals surface area contributed by atoms with Crippen LogP contribution in [0.25, 0.3) is 0 Å². The van der Waals surface area contributed by atoms with Crippen LogP contribution < -0.4 is 0 Å². The minimum absolute atomic E-state index is 0.0234. The molecule has 5 rings (SSSR count). The van der Waals surface area contributed by atoms with Gasteiger partial charge in [0, 0.05) is 28.7 Å². The molecule has 1 aromatic carbocycles. The van der Waals surface area contributed by atoms with E-state index in [-0.39, 0.29) is 35.6 Å². The van der Waals surface area contributed by atoms with Gasteiger partial charge in [0.1, 0.15) is 51.8 Å². The van der Waals surface area contributed by atoms with Crippen LogP contribution in [0.4, 0.5) is 0 Å². The van der Waals surface area contributed by atoms with E-state index in [9.17, 15) is 30.3 Å². The van der Waals surface area contributed by atoms with Crippen molar-refractivity contribution in [2.24, 2.45) is 11.3 Å². The number of esters is 1. The molecule has 3 aliphatic heterocycles. The largest absolute Gasteiger partial charge is 0.465 e. The van der Waals surface area contributed by atoms with E-state index >= 15 is 0 Å². The standard InChI is InChI=1S/C40H57NO12S5/c1-7-55-38(54)57-40(5,6)25(19-39(3,4)22(2)35(47)48-16-17-56-58-29-10-8-9-15-41-29)23-11-13-24(14-12-23)36-49-21-28-34(53-36)32(45)33(46)37(51-28)52-30-18-26(43)31(44)27(20-42)50-30/h8-15,22,25-28,30-34,36-37,42-46H,7,16-21H2,1-6H3. The van der Waals surface area contributed by atoms with Gasteiger partial charge in [-0.2, -0.15) is 0 Å². The first-order chi connectivity index (χ1) is 27.5. The highest BCUT2D eigenvalue weighted by Gasteiger charge is 2.51. The van der Waals surface area contributed by atoms with Crippen LogP contribution in [0.3, 0.4) is 0 Å². The normalized spacial score (nSPS) is 30.3.